The third kappa shape index (κ3) is 4.93. The van der Waals surface area contributed by atoms with Crippen LogP contribution in [0, 0.1) is 0 Å². The van der Waals surface area contributed by atoms with Crippen LogP contribution in [0.25, 0.3) is 0 Å². The summed E-state index contributed by atoms with van der Waals surface area (Å²) in [6, 6.07) is 4.07. The average Bonchev–Trinajstić information content (AvgIpc) is 2.90. The Morgan fingerprint density at radius 3 is 2.95 bits per heavy atom. The lowest BCUT2D eigenvalue weighted by Crippen LogP contribution is -2.41. The van der Waals surface area contributed by atoms with Crippen molar-refractivity contribution in [3.05, 3.63) is 22.4 Å². The molecular weight excluding hydrogens is 262 g/mol. The van der Waals surface area contributed by atoms with Crippen LogP contribution in [0.4, 0.5) is 0 Å². The van der Waals surface area contributed by atoms with Gasteiger partial charge in [-0.1, -0.05) is 6.07 Å². The van der Waals surface area contributed by atoms with Crippen LogP contribution < -0.4 is 5.32 Å². The van der Waals surface area contributed by atoms with E-state index in [4.69, 9.17) is 9.47 Å². The number of hydrogen-bond donors (Lipinski definition) is 1. The Bertz CT molecular complexity index is 385. The Balaban J connectivity index is 1.61. The number of rotatable bonds is 6. The second kappa shape index (κ2) is 7.03. The Morgan fingerprint density at radius 2 is 2.26 bits per heavy atom. The summed E-state index contributed by atoms with van der Waals surface area (Å²) in [5.74, 6) is -0.438. The minimum atomic E-state index is -0.528. The van der Waals surface area contributed by atoms with Gasteiger partial charge >= 0.3 is 0 Å². The summed E-state index contributed by atoms with van der Waals surface area (Å²) in [5.41, 5.74) is 0. The van der Waals surface area contributed by atoms with Crippen LogP contribution in [0.1, 0.15) is 31.1 Å². The van der Waals surface area contributed by atoms with E-state index in [9.17, 15) is 4.79 Å². The summed E-state index contributed by atoms with van der Waals surface area (Å²) in [7, 11) is 0. The van der Waals surface area contributed by atoms with Gasteiger partial charge in [0.1, 0.15) is 0 Å². The summed E-state index contributed by atoms with van der Waals surface area (Å²) in [4.78, 5) is 12.9. The van der Waals surface area contributed by atoms with Gasteiger partial charge < -0.3 is 14.8 Å². The van der Waals surface area contributed by atoms with Gasteiger partial charge in [-0.3, -0.25) is 4.79 Å². The minimum Gasteiger partial charge on any atom is -0.356 e. The maximum atomic E-state index is 11.7. The van der Waals surface area contributed by atoms with E-state index in [2.05, 4.69) is 11.4 Å². The molecule has 5 heteroatoms. The smallest absolute Gasteiger partial charge is 0.220 e. The molecule has 2 rings (SSSR count). The van der Waals surface area contributed by atoms with Gasteiger partial charge in [0.25, 0.3) is 0 Å². The molecular formula is C14H21NO3S. The highest BCUT2D eigenvalue weighted by Gasteiger charge is 2.28. The number of ether oxygens (including phenoxy) is 2. The molecule has 106 valence electrons. The standard InChI is InChI=1S/C14H21NO3S/c1-14(17-9-3-10-18-14)7-8-15-13(16)6-5-12-4-2-11-19-12/h2,4,11H,3,5-10H2,1H3,(H,15,16). The zero-order chi connectivity index (χ0) is 13.6. The fourth-order valence-corrected chi connectivity index (χ4v) is 2.74. The number of aryl methyl sites for hydroxylation is 1. The van der Waals surface area contributed by atoms with Crippen molar-refractivity contribution in [3.63, 3.8) is 0 Å². The molecule has 2 heterocycles. The van der Waals surface area contributed by atoms with Crippen LogP contribution in [0.15, 0.2) is 17.5 Å². The van der Waals surface area contributed by atoms with Crippen molar-refractivity contribution in [2.75, 3.05) is 19.8 Å². The summed E-state index contributed by atoms with van der Waals surface area (Å²) in [6.45, 7) is 4.01. The molecule has 0 saturated carbocycles. The van der Waals surface area contributed by atoms with Gasteiger partial charge in [-0.2, -0.15) is 0 Å². The molecule has 1 aromatic heterocycles. The third-order valence-corrected chi connectivity index (χ3v) is 4.12. The maximum Gasteiger partial charge on any atom is 0.220 e. The van der Waals surface area contributed by atoms with Gasteiger partial charge in [-0.15, -0.1) is 11.3 Å². The van der Waals surface area contributed by atoms with Crippen LogP contribution in [0.2, 0.25) is 0 Å². The minimum absolute atomic E-state index is 0.0906. The summed E-state index contributed by atoms with van der Waals surface area (Å²) in [5, 5.41) is 4.96. The van der Waals surface area contributed by atoms with Crippen LogP contribution in [-0.4, -0.2) is 31.5 Å². The zero-order valence-electron chi connectivity index (χ0n) is 11.3. The highest BCUT2D eigenvalue weighted by molar-refractivity contribution is 7.09. The van der Waals surface area contributed by atoms with E-state index < -0.39 is 5.79 Å². The number of thiophene rings is 1. The van der Waals surface area contributed by atoms with Crippen molar-refractivity contribution in [1.29, 1.82) is 0 Å². The first-order valence-corrected chi connectivity index (χ1v) is 7.63. The molecule has 19 heavy (non-hydrogen) atoms. The highest BCUT2D eigenvalue weighted by Crippen LogP contribution is 2.21. The molecule has 0 bridgehead atoms. The topological polar surface area (TPSA) is 47.6 Å². The monoisotopic (exact) mass is 283 g/mol. The second-order valence-corrected chi connectivity index (χ2v) is 5.90. The number of carbonyl (C=O) groups excluding carboxylic acids is 1. The normalized spacial score (nSPS) is 18.2. The Hall–Kier alpha value is -0.910. The average molecular weight is 283 g/mol. The zero-order valence-corrected chi connectivity index (χ0v) is 12.1. The second-order valence-electron chi connectivity index (χ2n) is 4.86. The summed E-state index contributed by atoms with van der Waals surface area (Å²) >= 11 is 1.69. The van der Waals surface area contributed by atoms with E-state index >= 15 is 0 Å². The van der Waals surface area contributed by atoms with E-state index in [1.54, 1.807) is 11.3 Å². The molecule has 4 nitrogen and oxygen atoms in total. The van der Waals surface area contributed by atoms with E-state index in [-0.39, 0.29) is 5.91 Å². The van der Waals surface area contributed by atoms with Gasteiger partial charge in [-0.05, 0) is 31.2 Å². The van der Waals surface area contributed by atoms with Crippen molar-refractivity contribution < 1.29 is 14.3 Å². The molecule has 0 aliphatic carbocycles. The highest BCUT2D eigenvalue weighted by atomic mass is 32.1. The van der Waals surface area contributed by atoms with E-state index in [1.807, 2.05) is 18.4 Å². The van der Waals surface area contributed by atoms with Gasteiger partial charge in [0.2, 0.25) is 5.91 Å². The lowest BCUT2D eigenvalue weighted by Gasteiger charge is -2.33. The predicted octanol–water partition coefficient (Wildman–Crippen LogP) is 2.34. The van der Waals surface area contributed by atoms with Gasteiger partial charge in [-0.25, -0.2) is 0 Å². The van der Waals surface area contributed by atoms with Crippen molar-refractivity contribution >= 4 is 17.2 Å². The van der Waals surface area contributed by atoms with Gasteiger partial charge in [0.15, 0.2) is 5.79 Å². The Morgan fingerprint density at radius 1 is 1.47 bits per heavy atom. The Kier molecular flexibility index (Phi) is 5.36. The molecule has 1 N–H and O–H groups in total. The molecule has 0 aromatic carbocycles. The van der Waals surface area contributed by atoms with E-state index in [1.165, 1.54) is 4.88 Å². The van der Waals surface area contributed by atoms with Crippen molar-refractivity contribution in [3.8, 4) is 0 Å². The Labute approximate surface area is 118 Å². The lowest BCUT2D eigenvalue weighted by atomic mass is 10.2. The van der Waals surface area contributed by atoms with E-state index in [0.717, 1.165) is 26.1 Å². The number of amides is 1. The number of hydrogen-bond acceptors (Lipinski definition) is 4. The fourth-order valence-electron chi connectivity index (χ4n) is 2.03. The molecule has 1 fully saturated rings. The van der Waals surface area contributed by atoms with Crippen LogP contribution >= 0.6 is 11.3 Å². The first kappa shape index (κ1) is 14.5. The van der Waals surface area contributed by atoms with Crippen LogP contribution in [0.3, 0.4) is 0 Å². The molecule has 1 amide bonds. The summed E-state index contributed by atoms with van der Waals surface area (Å²) < 4.78 is 11.2. The molecule has 0 spiro atoms. The van der Waals surface area contributed by atoms with Crippen molar-refractivity contribution in [1.82, 2.24) is 5.32 Å². The summed E-state index contributed by atoms with van der Waals surface area (Å²) in [6.07, 6.45) is 2.99. The molecule has 0 atom stereocenters. The third-order valence-electron chi connectivity index (χ3n) is 3.18. The van der Waals surface area contributed by atoms with Crippen LogP contribution in [-0.2, 0) is 20.7 Å². The van der Waals surface area contributed by atoms with Gasteiger partial charge in [0.05, 0.1) is 13.2 Å². The molecule has 0 radical (unpaired) electrons. The number of nitrogens with one attached hydrogen (secondary N) is 1. The molecule has 1 aromatic rings. The van der Waals surface area contributed by atoms with E-state index in [0.29, 0.717) is 19.4 Å². The quantitative estimate of drug-likeness (QED) is 0.871. The lowest BCUT2D eigenvalue weighted by molar-refractivity contribution is -0.257. The molecule has 1 saturated heterocycles. The SMILES string of the molecule is CC1(CCNC(=O)CCc2cccs2)OCCCO1. The molecule has 1 aliphatic heterocycles. The van der Waals surface area contributed by atoms with Crippen molar-refractivity contribution in [2.45, 2.75) is 38.4 Å². The maximum absolute atomic E-state index is 11.7. The largest absolute Gasteiger partial charge is 0.356 e. The van der Waals surface area contributed by atoms with Gasteiger partial charge in [0, 0.05) is 24.3 Å². The first-order chi connectivity index (χ1) is 9.18. The molecule has 0 unspecified atom stereocenters. The predicted molar refractivity (Wildman–Crippen MR) is 75.2 cm³/mol. The fraction of sp³-hybridized carbons (Fsp3) is 0.643. The van der Waals surface area contributed by atoms with Crippen LogP contribution in [0.5, 0.6) is 0 Å². The van der Waals surface area contributed by atoms with Crippen molar-refractivity contribution in [2.24, 2.45) is 0 Å². The number of carbonyl (C=O) groups is 1. The molecule has 1 aliphatic rings. The first-order valence-electron chi connectivity index (χ1n) is 6.75.